The zero-order chi connectivity index (χ0) is 22.4. The third-order valence-electron chi connectivity index (χ3n) is 6.04. The highest BCUT2D eigenvalue weighted by molar-refractivity contribution is 5.85. The molecule has 0 aliphatic heterocycles. The molecule has 0 saturated carbocycles. The largest absolute Gasteiger partial charge is 0.488 e. The topological polar surface area (TPSA) is 66.8 Å². The molecule has 1 atom stereocenters. The first kappa shape index (κ1) is 26.1. The third kappa shape index (κ3) is 7.76. The molecular formula is C25H34ClFNO4+. The van der Waals surface area contributed by atoms with Gasteiger partial charge in [0.25, 0.3) is 0 Å². The number of aliphatic hydroxyl groups excluding tert-OH is 1. The summed E-state index contributed by atoms with van der Waals surface area (Å²) >= 11 is 0. The molecule has 0 fully saturated rings. The Hall–Kier alpha value is -2.15. The fourth-order valence-corrected chi connectivity index (χ4v) is 4.35. The summed E-state index contributed by atoms with van der Waals surface area (Å²) in [4.78, 5) is 10.7. The van der Waals surface area contributed by atoms with Crippen LogP contribution in [0.15, 0.2) is 42.5 Å². The Kier molecular flexibility index (Phi) is 9.49. The summed E-state index contributed by atoms with van der Waals surface area (Å²) in [6.45, 7) is 1.46. The van der Waals surface area contributed by atoms with Crippen molar-refractivity contribution in [3.05, 3.63) is 65.0 Å². The van der Waals surface area contributed by atoms with Gasteiger partial charge in [-0.15, -0.1) is 12.4 Å². The molecule has 0 unspecified atom stereocenters. The highest BCUT2D eigenvalue weighted by atomic mass is 35.5. The molecule has 2 aromatic rings. The van der Waals surface area contributed by atoms with E-state index in [1.807, 2.05) is 0 Å². The maximum atomic E-state index is 14.0. The zero-order valence-corrected chi connectivity index (χ0v) is 19.6. The Bertz CT molecular complexity index is 880. The van der Waals surface area contributed by atoms with Gasteiger partial charge >= 0.3 is 5.97 Å². The van der Waals surface area contributed by atoms with Gasteiger partial charge in [0.15, 0.2) is 11.6 Å². The van der Waals surface area contributed by atoms with Gasteiger partial charge in [0.2, 0.25) is 0 Å². The highest BCUT2D eigenvalue weighted by Gasteiger charge is 2.26. The van der Waals surface area contributed by atoms with Crippen LogP contribution in [-0.4, -0.2) is 60.6 Å². The minimum atomic E-state index is -0.899. The monoisotopic (exact) mass is 466 g/mol. The zero-order valence-electron chi connectivity index (χ0n) is 18.8. The normalized spacial score (nSPS) is 14.5. The van der Waals surface area contributed by atoms with Crippen molar-refractivity contribution in [3.63, 3.8) is 0 Å². The van der Waals surface area contributed by atoms with Gasteiger partial charge in [0.1, 0.15) is 19.3 Å². The summed E-state index contributed by atoms with van der Waals surface area (Å²) in [6, 6.07) is 13.0. The Labute approximate surface area is 195 Å². The van der Waals surface area contributed by atoms with Crippen LogP contribution in [0.3, 0.4) is 0 Å². The lowest BCUT2D eigenvalue weighted by molar-refractivity contribution is -0.894. The highest BCUT2D eigenvalue weighted by Crippen LogP contribution is 2.29. The number of benzene rings is 2. The number of carbonyl (C=O) groups is 1. The second-order valence-corrected chi connectivity index (χ2v) is 9.30. The second kappa shape index (κ2) is 11.6. The number of quaternary nitrogens is 1. The van der Waals surface area contributed by atoms with Gasteiger partial charge in [-0.2, -0.15) is 0 Å². The maximum Gasteiger partial charge on any atom is 0.303 e. The number of aryl methyl sites for hydroxylation is 1. The summed E-state index contributed by atoms with van der Waals surface area (Å²) in [5.74, 6) is -0.716. The predicted octanol–water partition coefficient (Wildman–Crippen LogP) is 3.89. The Balaban J connectivity index is 0.00000363. The summed E-state index contributed by atoms with van der Waals surface area (Å²) in [5, 5.41) is 19.3. The number of hydrogen-bond donors (Lipinski definition) is 2. The minimum Gasteiger partial charge on any atom is -0.488 e. The molecule has 2 N–H and O–H groups in total. The van der Waals surface area contributed by atoms with Crippen LogP contribution in [-0.2, 0) is 24.1 Å². The average molecular weight is 467 g/mol. The van der Waals surface area contributed by atoms with Crippen LogP contribution in [0.25, 0.3) is 0 Å². The smallest absolute Gasteiger partial charge is 0.303 e. The van der Waals surface area contributed by atoms with E-state index in [2.05, 4.69) is 38.4 Å². The van der Waals surface area contributed by atoms with E-state index in [0.29, 0.717) is 28.9 Å². The van der Waals surface area contributed by atoms with Crippen LogP contribution < -0.4 is 4.74 Å². The Morgan fingerprint density at radius 2 is 1.84 bits per heavy atom. The molecule has 0 aromatic heterocycles. The number of nitrogens with zero attached hydrogens (tertiary/aromatic N) is 1. The lowest BCUT2D eigenvalue weighted by atomic mass is 10.0. The molecule has 2 aromatic carbocycles. The van der Waals surface area contributed by atoms with E-state index in [-0.39, 0.29) is 31.2 Å². The van der Waals surface area contributed by atoms with Crippen molar-refractivity contribution < 1.29 is 28.6 Å². The van der Waals surface area contributed by atoms with E-state index >= 15 is 0 Å². The van der Waals surface area contributed by atoms with Crippen LogP contribution in [0, 0.1) is 11.7 Å². The minimum absolute atomic E-state index is 0. The summed E-state index contributed by atoms with van der Waals surface area (Å²) < 4.78 is 20.2. The molecule has 0 bridgehead atoms. The fourth-order valence-electron chi connectivity index (χ4n) is 4.35. The van der Waals surface area contributed by atoms with Crippen molar-refractivity contribution in [1.29, 1.82) is 0 Å². The first-order chi connectivity index (χ1) is 14.7. The number of ether oxygens (including phenoxy) is 1. The number of carboxylic acid groups (broad SMARTS) is 1. The van der Waals surface area contributed by atoms with Gasteiger partial charge in [-0.1, -0.05) is 30.3 Å². The third-order valence-corrected chi connectivity index (χ3v) is 6.04. The second-order valence-electron chi connectivity index (χ2n) is 9.30. The van der Waals surface area contributed by atoms with Gasteiger partial charge in [-0.25, -0.2) is 4.39 Å². The molecule has 0 saturated heterocycles. The van der Waals surface area contributed by atoms with Crippen molar-refractivity contribution in [2.75, 3.05) is 33.8 Å². The van der Waals surface area contributed by atoms with Crippen molar-refractivity contribution >= 4 is 18.4 Å². The van der Waals surface area contributed by atoms with E-state index in [1.165, 1.54) is 23.3 Å². The number of aliphatic carboxylic acids is 1. The fraction of sp³-hybridized carbons (Fsp3) is 0.480. The Morgan fingerprint density at radius 3 is 2.47 bits per heavy atom. The molecular weight excluding hydrogens is 433 g/mol. The number of carboxylic acids is 1. The lowest BCUT2D eigenvalue weighted by Gasteiger charge is -2.32. The first-order valence-corrected chi connectivity index (χ1v) is 10.9. The molecule has 7 heteroatoms. The van der Waals surface area contributed by atoms with Crippen LogP contribution in [0.1, 0.15) is 29.5 Å². The van der Waals surface area contributed by atoms with E-state index in [9.17, 15) is 14.3 Å². The number of likely N-dealkylation sites (N-methyl/N-ethyl adjacent to an activating group) is 1. The number of halogens is 2. The predicted molar refractivity (Wildman–Crippen MR) is 125 cm³/mol. The molecule has 176 valence electrons. The molecule has 1 aliphatic rings. The number of rotatable bonds is 11. The van der Waals surface area contributed by atoms with Gasteiger partial charge in [0, 0.05) is 12.8 Å². The molecule has 32 heavy (non-hydrogen) atoms. The summed E-state index contributed by atoms with van der Waals surface area (Å²) in [7, 11) is 4.19. The molecule has 0 radical (unpaired) electrons. The quantitative estimate of drug-likeness (QED) is 0.493. The molecule has 1 aliphatic carbocycles. The lowest BCUT2D eigenvalue weighted by Crippen LogP contribution is -2.48. The van der Waals surface area contributed by atoms with Crippen molar-refractivity contribution in [2.24, 2.45) is 5.92 Å². The van der Waals surface area contributed by atoms with E-state index in [4.69, 9.17) is 9.84 Å². The summed E-state index contributed by atoms with van der Waals surface area (Å²) in [6.07, 6.45) is 2.90. The number of fused-ring (bicyclic) bond motifs is 1. The van der Waals surface area contributed by atoms with Crippen molar-refractivity contribution in [1.82, 2.24) is 0 Å². The van der Waals surface area contributed by atoms with Gasteiger partial charge in [0.05, 0.1) is 20.6 Å². The number of hydrogen-bond acceptors (Lipinski definition) is 3. The van der Waals surface area contributed by atoms with Gasteiger partial charge in [-0.05, 0) is 54.0 Å². The van der Waals surface area contributed by atoms with Crippen LogP contribution in [0.5, 0.6) is 5.75 Å². The van der Waals surface area contributed by atoms with Gasteiger partial charge in [-0.3, -0.25) is 4.79 Å². The van der Waals surface area contributed by atoms with Crippen LogP contribution in [0.4, 0.5) is 4.39 Å². The van der Waals surface area contributed by atoms with Crippen LogP contribution >= 0.6 is 12.4 Å². The van der Waals surface area contributed by atoms with Crippen LogP contribution in [0.2, 0.25) is 0 Å². The van der Waals surface area contributed by atoms with E-state index < -0.39 is 17.9 Å². The average Bonchev–Trinajstić information content (AvgIpc) is 3.13. The molecule has 0 spiro atoms. The van der Waals surface area contributed by atoms with Crippen molar-refractivity contribution in [2.45, 2.75) is 38.2 Å². The molecule has 0 heterocycles. The number of aliphatic hydroxyl groups is 1. The van der Waals surface area contributed by atoms with Crippen molar-refractivity contribution in [3.8, 4) is 5.75 Å². The Morgan fingerprint density at radius 1 is 1.19 bits per heavy atom. The molecule has 0 amide bonds. The van der Waals surface area contributed by atoms with E-state index in [0.717, 1.165) is 25.8 Å². The maximum absolute atomic E-state index is 14.0. The van der Waals surface area contributed by atoms with Gasteiger partial charge < -0.3 is 19.4 Å². The SMILES string of the molecule is C[N+](C)(CCC1Cc2ccccc2C1)C[C@@H](O)COc1cc(CCC(=O)O)ccc1F.Cl. The first-order valence-electron chi connectivity index (χ1n) is 10.9. The molecule has 5 nitrogen and oxygen atoms in total. The molecule has 3 rings (SSSR count). The standard InChI is InChI=1S/C25H32FNO4.ClH/c1-27(2,12-11-19-13-20-5-3-4-6-21(20)14-19)16-22(28)17-31-24-15-18(7-9-23(24)26)8-10-25(29)30;/h3-7,9,15,19,22,28H,8,10-14,16-17H2,1-2H3;1H/p+1/t22-;/m1./s1. The van der Waals surface area contributed by atoms with E-state index in [1.54, 1.807) is 6.07 Å². The summed E-state index contributed by atoms with van der Waals surface area (Å²) in [5.41, 5.74) is 3.61.